The molecule has 1 aromatic heterocycles. The molecule has 2 saturated carbocycles. The highest BCUT2D eigenvalue weighted by Crippen LogP contribution is 2.51. The molecule has 0 bridgehead atoms. The molecule has 1 unspecified atom stereocenters. The number of H-pyrrole nitrogens is 1. The summed E-state index contributed by atoms with van der Waals surface area (Å²) in [6.07, 6.45) is 9.78. The zero-order valence-electron chi connectivity index (χ0n) is 10.1. The van der Waals surface area contributed by atoms with Crippen LogP contribution in [0, 0.1) is 5.41 Å². The molecule has 0 aromatic carbocycles. The van der Waals surface area contributed by atoms with E-state index in [2.05, 4.69) is 10.3 Å². The maximum absolute atomic E-state index is 11.0. The van der Waals surface area contributed by atoms with E-state index in [1.807, 2.05) is 5.38 Å². The second kappa shape index (κ2) is 4.58. The van der Waals surface area contributed by atoms with Crippen LogP contribution < -0.4 is 10.2 Å². The molecule has 94 valence electrons. The van der Waals surface area contributed by atoms with Gasteiger partial charge in [-0.25, -0.2) is 0 Å². The highest BCUT2D eigenvalue weighted by atomic mass is 32.1. The lowest BCUT2D eigenvalue weighted by atomic mass is 9.57. The summed E-state index contributed by atoms with van der Waals surface area (Å²) >= 11 is 1.26. The van der Waals surface area contributed by atoms with Gasteiger partial charge in [0.05, 0.1) is 0 Å². The van der Waals surface area contributed by atoms with E-state index in [9.17, 15) is 4.79 Å². The third-order valence-corrected chi connectivity index (χ3v) is 5.35. The largest absolute Gasteiger partial charge is 0.315 e. The molecule has 2 N–H and O–H groups in total. The van der Waals surface area contributed by atoms with E-state index in [0.29, 0.717) is 11.5 Å². The number of rotatable bonds is 3. The topological polar surface area (TPSA) is 44.9 Å². The van der Waals surface area contributed by atoms with Gasteiger partial charge in [0.15, 0.2) is 0 Å². The lowest BCUT2D eigenvalue weighted by molar-refractivity contribution is 0.0220. The van der Waals surface area contributed by atoms with E-state index >= 15 is 0 Å². The van der Waals surface area contributed by atoms with Gasteiger partial charge in [-0.3, -0.25) is 4.79 Å². The Morgan fingerprint density at radius 2 is 2.18 bits per heavy atom. The molecule has 1 spiro atoms. The third-order valence-electron chi connectivity index (χ3n) is 4.63. The Bertz CT molecular complexity index is 431. The Labute approximate surface area is 106 Å². The summed E-state index contributed by atoms with van der Waals surface area (Å²) in [5.74, 6) is 0. The van der Waals surface area contributed by atoms with Crippen molar-refractivity contribution in [3.8, 4) is 0 Å². The minimum atomic E-state index is 0.0581. The second-order valence-corrected chi connectivity index (χ2v) is 6.41. The Balaban J connectivity index is 1.57. The molecule has 3 nitrogen and oxygen atoms in total. The minimum Gasteiger partial charge on any atom is -0.315 e. The van der Waals surface area contributed by atoms with Crippen molar-refractivity contribution in [2.75, 3.05) is 0 Å². The van der Waals surface area contributed by atoms with Crippen LogP contribution >= 0.6 is 11.3 Å². The van der Waals surface area contributed by atoms with Gasteiger partial charge in [-0.05, 0) is 31.1 Å². The predicted octanol–water partition coefficient (Wildman–Crippen LogP) is 2.64. The Morgan fingerprint density at radius 1 is 1.35 bits per heavy atom. The van der Waals surface area contributed by atoms with Crippen molar-refractivity contribution in [3.05, 3.63) is 20.7 Å². The van der Waals surface area contributed by atoms with Crippen LogP contribution in [0.4, 0.5) is 0 Å². The van der Waals surface area contributed by atoms with Crippen molar-refractivity contribution in [1.29, 1.82) is 0 Å². The molecule has 2 aliphatic rings. The molecule has 2 fully saturated rings. The number of aromatic nitrogens is 1. The van der Waals surface area contributed by atoms with E-state index in [1.165, 1.54) is 56.3 Å². The zero-order chi connectivity index (χ0) is 11.7. The van der Waals surface area contributed by atoms with Crippen molar-refractivity contribution in [2.45, 2.75) is 57.5 Å². The first-order valence-corrected chi connectivity index (χ1v) is 7.57. The van der Waals surface area contributed by atoms with Gasteiger partial charge in [0, 0.05) is 23.7 Å². The highest BCUT2D eigenvalue weighted by molar-refractivity contribution is 7.07. The van der Waals surface area contributed by atoms with Crippen LogP contribution in [0.5, 0.6) is 0 Å². The van der Waals surface area contributed by atoms with Crippen LogP contribution in [0.15, 0.2) is 10.2 Å². The van der Waals surface area contributed by atoms with Crippen LogP contribution in [0.2, 0.25) is 0 Å². The Hall–Kier alpha value is -0.610. The summed E-state index contributed by atoms with van der Waals surface area (Å²) in [6.45, 7) is 0.825. The molecule has 3 rings (SSSR count). The van der Waals surface area contributed by atoms with Gasteiger partial charge in [-0.2, -0.15) is 0 Å². The molecule has 0 saturated heterocycles. The van der Waals surface area contributed by atoms with Crippen molar-refractivity contribution in [3.63, 3.8) is 0 Å². The molecule has 17 heavy (non-hydrogen) atoms. The number of hydrogen-bond donors (Lipinski definition) is 2. The quantitative estimate of drug-likeness (QED) is 0.868. The molecule has 4 heteroatoms. The molecular formula is C13H20N2OS. The molecule has 0 radical (unpaired) electrons. The van der Waals surface area contributed by atoms with E-state index in [0.717, 1.165) is 12.2 Å². The molecule has 0 amide bonds. The Morgan fingerprint density at radius 3 is 2.76 bits per heavy atom. The van der Waals surface area contributed by atoms with Crippen molar-refractivity contribution >= 4 is 11.3 Å². The van der Waals surface area contributed by atoms with Crippen molar-refractivity contribution in [1.82, 2.24) is 10.3 Å². The SMILES string of the molecule is O=c1[nH]c(CNC2CCC23CCCCC3)cs1. The van der Waals surface area contributed by atoms with E-state index in [-0.39, 0.29) is 4.87 Å². The molecular weight excluding hydrogens is 232 g/mol. The Kier molecular flexibility index (Phi) is 3.09. The first-order chi connectivity index (χ1) is 8.28. The molecule has 1 aromatic rings. The fraction of sp³-hybridized carbons (Fsp3) is 0.769. The average Bonchev–Trinajstić information content (AvgIpc) is 2.75. The van der Waals surface area contributed by atoms with Gasteiger partial charge in [0.25, 0.3) is 0 Å². The zero-order valence-corrected chi connectivity index (χ0v) is 10.9. The average molecular weight is 252 g/mol. The van der Waals surface area contributed by atoms with Crippen LogP contribution in [-0.2, 0) is 6.54 Å². The highest BCUT2D eigenvalue weighted by Gasteiger charge is 2.46. The normalized spacial score (nSPS) is 26.9. The smallest absolute Gasteiger partial charge is 0.304 e. The van der Waals surface area contributed by atoms with E-state index in [4.69, 9.17) is 0 Å². The number of nitrogens with one attached hydrogen (secondary N) is 2. The van der Waals surface area contributed by atoms with Gasteiger partial charge in [-0.15, -0.1) is 0 Å². The van der Waals surface area contributed by atoms with Crippen LogP contribution in [0.25, 0.3) is 0 Å². The summed E-state index contributed by atoms with van der Waals surface area (Å²) < 4.78 is 0. The van der Waals surface area contributed by atoms with Crippen LogP contribution in [0.3, 0.4) is 0 Å². The van der Waals surface area contributed by atoms with E-state index < -0.39 is 0 Å². The molecule has 2 aliphatic carbocycles. The summed E-state index contributed by atoms with van der Waals surface area (Å²) in [7, 11) is 0. The minimum absolute atomic E-state index is 0.0581. The molecule has 1 atom stereocenters. The van der Waals surface area contributed by atoms with Gasteiger partial charge >= 0.3 is 4.87 Å². The lowest BCUT2D eigenvalue weighted by Crippen LogP contribution is -2.54. The molecule has 0 aliphatic heterocycles. The fourth-order valence-corrected chi connectivity index (χ4v) is 4.09. The maximum atomic E-state index is 11.0. The third kappa shape index (κ3) is 2.20. The van der Waals surface area contributed by atoms with Crippen molar-refractivity contribution < 1.29 is 0 Å². The van der Waals surface area contributed by atoms with Crippen molar-refractivity contribution in [2.24, 2.45) is 5.41 Å². The van der Waals surface area contributed by atoms with Gasteiger partial charge < -0.3 is 10.3 Å². The first kappa shape index (κ1) is 11.5. The lowest BCUT2D eigenvalue weighted by Gasteiger charge is -2.52. The number of thiazole rings is 1. The second-order valence-electron chi connectivity index (χ2n) is 5.57. The summed E-state index contributed by atoms with van der Waals surface area (Å²) in [5.41, 5.74) is 1.65. The van der Waals surface area contributed by atoms with Crippen LogP contribution in [-0.4, -0.2) is 11.0 Å². The predicted molar refractivity (Wildman–Crippen MR) is 70.3 cm³/mol. The maximum Gasteiger partial charge on any atom is 0.304 e. The van der Waals surface area contributed by atoms with E-state index in [1.54, 1.807) is 0 Å². The monoisotopic (exact) mass is 252 g/mol. The van der Waals surface area contributed by atoms with Gasteiger partial charge in [0.1, 0.15) is 0 Å². The van der Waals surface area contributed by atoms with Gasteiger partial charge in [0.2, 0.25) is 0 Å². The standard InChI is InChI=1S/C13H20N2OS/c16-12-15-10(9-17-12)8-14-11-4-7-13(11)5-2-1-3-6-13/h9,11,14H,1-8H2,(H,15,16). The number of aromatic amines is 1. The summed E-state index contributed by atoms with van der Waals surface area (Å²) in [6, 6.07) is 0.686. The number of hydrogen-bond acceptors (Lipinski definition) is 3. The summed E-state index contributed by atoms with van der Waals surface area (Å²) in [5, 5.41) is 5.58. The van der Waals surface area contributed by atoms with Crippen LogP contribution in [0.1, 0.15) is 50.6 Å². The fourth-order valence-electron chi connectivity index (χ4n) is 3.50. The summed E-state index contributed by atoms with van der Waals surface area (Å²) in [4.78, 5) is 14.0. The van der Waals surface area contributed by atoms with Gasteiger partial charge in [-0.1, -0.05) is 30.6 Å². The first-order valence-electron chi connectivity index (χ1n) is 6.69. The molecule has 1 heterocycles.